The average Bonchev–Trinajstić information content (AvgIpc) is 3.27. The van der Waals surface area contributed by atoms with Crippen molar-refractivity contribution in [3.05, 3.63) is 63.6 Å². The number of nitrogens with one attached hydrogen (secondary N) is 1. The normalized spacial score (nSPS) is 11.0. The molecule has 0 saturated heterocycles. The molecule has 0 radical (unpaired) electrons. The molecule has 0 aliphatic carbocycles. The molecular formula is C18H13N3O5. The fourth-order valence-electron chi connectivity index (χ4n) is 2.76. The molecule has 1 aromatic carbocycles. The third kappa shape index (κ3) is 2.57. The highest BCUT2D eigenvalue weighted by Gasteiger charge is 2.24. The summed E-state index contributed by atoms with van der Waals surface area (Å²) < 4.78 is 16.3. The van der Waals surface area contributed by atoms with Gasteiger partial charge in [0.2, 0.25) is 0 Å². The minimum absolute atomic E-state index is 0.00679. The monoisotopic (exact) mass is 351 g/mol. The molecule has 130 valence electrons. The lowest BCUT2D eigenvalue weighted by molar-refractivity contribution is 0.0724. The van der Waals surface area contributed by atoms with Gasteiger partial charge < -0.3 is 13.6 Å². The number of aromatic amines is 1. The zero-order chi connectivity index (χ0) is 18.3. The van der Waals surface area contributed by atoms with Crippen molar-refractivity contribution in [1.29, 1.82) is 0 Å². The van der Waals surface area contributed by atoms with Crippen LogP contribution < -0.4 is 10.4 Å². The first-order valence-corrected chi connectivity index (χ1v) is 7.76. The van der Waals surface area contributed by atoms with Crippen LogP contribution in [0.2, 0.25) is 0 Å². The molecule has 4 aromatic rings. The Morgan fingerprint density at radius 1 is 1.15 bits per heavy atom. The number of H-pyrrole nitrogens is 1. The van der Waals surface area contributed by atoms with Crippen molar-refractivity contribution in [3.8, 4) is 17.4 Å². The number of rotatable bonds is 3. The summed E-state index contributed by atoms with van der Waals surface area (Å²) in [4.78, 5) is 24.8. The number of fused-ring (bicyclic) bond motifs is 1. The molecule has 1 N–H and O–H groups in total. The number of esters is 1. The van der Waals surface area contributed by atoms with E-state index in [0.717, 1.165) is 5.39 Å². The number of hydrogen-bond donors (Lipinski definition) is 1. The van der Waals surface area contributed by atoms with Gasteiger partial charge in [-0.3, -0.25) is 0 Å². The largest absolute Gasteiger partial charge is 0.453 e. The summed E-state index contributed by atoms with van der Waals surface area (Å²) in [5, 5.41) is 10.5. The number of carbonyl (C=O) groups is 1. The smallest absolute Gasteiger partial charge is 0.345 e. The molecule has 0 unspecified atom stereocenters. The Morgan fingerprint density at radius 3 is 2.69 bits per heavy atom. The van der Waals surface area contributed by atoms with Crippen LogP contribution in [0.5, 0.6) is 5.88 Å². The highest BCUT2D eigenvalue weighted by molar-refractivity contribution is 5.95. The molecule has 26 heavy (non-hydrogen) atoms. The van der Waals surface area contributed by atoms with Gasteiger partial charge in [0, 0.05) is 16.5 Å². The molecule has 8 heteroatoms. The van der Waals surface area contributed by atoms with E-state index in [1.165, 1.54) is 13.1 Å². The average molecular weight is 351 g/mol. The van der Waals surface area contributed by atoms with Crippen LogP contribution in [0.1, 0.15) is 21.5 Å². The van der Waals surface area contributed by atoms with Crippen LogP contribution in [-0.2, 0) is 0 Å². The molecule has 3 aromatic heterocycles. The van der Waals surface area contributed by atoms with Crippen LogP contribution in [-0.4, -0.2) is 21.4 Å². The number of hydrogen-bond acceptors (Lipinski definition) is 7. The predicted octanol–water partition coefficient (Wildman–Crippen LogP) is 3.01. The lowest BCUT2D eigenvalue weighted by Crippen LogP contribution is -2.19. The molecule has 0 atom stereocenters. The summed E-state index contributed by atoms with van der Waals surface area (Å²) in [6.07, 6.45) is 1.26. The maximum atomic E-state index is 12.5. The molecule has 0 bridgehead atoms. The van der Waals surface area contributed by atoms with Gasteiger partial charge >= 0.3 is 11.6 Å². The minimum atomic E-state index is -0.723. The standard InChI is InChI=1S/C18H13N3O5/c1-9-15(18(23)25-14-8-19-21-20-14)10(2)17(22)26-16(9)13-7-11-5-3-4-6-12(11)24-13/h3-8H,1-2H3,(H,19,20,21). The quantitative estimate of drug-likeness (QED) is 0.565. The predicted molar refractivity (Wildman–Crippen MR) is 91.0 cm³/mol. The third-order valence-electron chi connectivity index (χ3n) is 4.04. The molecule has 0 aliphatic rings. The molecule has 0 fully saturated rings. The number of aromatic nitrogens is 3. The Morgan fingerprint density at radius 2 is 1.96 bits per heavy atom. The van der Waals surface area contributed by atoms with E-state index < -0.39 is 11.6 Å². The molecule has 0 amide bonds. The van der Waals surface area contributed by atoms with Crippen molar-refractivity contribution in [2.24, 2.45) is 0 Å². The van der Waals surface area contributed by atoms with E-state index in [-0.39, 0.29) is 22.8 Å². The molecule has 0 saturated carbocycles. The topological polar surface area (TPSA) is 111 Å². The Bertz CT molecular complexity index is 1140. The van der Waals surface area contributed by atoms with E-state index in [0.29, 0.717) is 16.9 Å². The van der Waals surface area contributed by atoms with Gasteiger partial charge in [-0.15, -0.1) is 5.10 Å². The molecule has 0 aliphatic heterocycles. The number of furan rings is 1. The van der Waals surface area contributed by atoms with Gasteiger partial charge in [-0.1, -0.05) is 18.2 Å². The van der Waals surface area contributed by atoms with E-state index in [9.17, 15) is 9.59 Å². The third-order valence-corrected chi connectivity index (χ3v) is 4.04. The lowest BCUT2D eigenvalue weighted by Gasteiger charge is -2.09. The Kier molecular flexibility index (Phi) is 3.65. The first-order chi connectivity index (χ1) is 12.5. The zero-order valence-electron chi connectivity index (χ0n) is 13.9. The van der Waals surface area contributed by atoms with E-state index in [1.54, 1.807) is 19.1 Å². The second-order valence-corrected chi connectivity index (χ2v) is 5.69. The van der Waals surface area contributed by atoms with E-state index >= 15 is 0 Å². The van der Waals surface area contributed by atoms with Gasteiger partial charge in [0.1, 0.15) is 11.8 Å². The van der Waals surface area contributed by atoms with Gasteiger partial charge in [0.05, 0.1) is 5.56 Å². The van der Waals surface area contributed by atoms with Crippen LogP contribution in [0.25, 0.3) is 22.5 Å². The van der Waals surface area contributed by atoms with Crippen molar-refractivity contribution >= 4 is 16.9 Å². The Hall–Kier alpha value is -3.68. The maximum absolute atomic E-state index is 12.5. The van der Waals surface area contributed by atoms with E-state index in [2.05, 4.69) is 15.4 Å². The second-order valence-electron chi connectivity index (χ2n) is 5.69. The van der Waals surface area contributed by atoms with Gasteiger partial charge in [-0.25, -0.2) is 9.59 Å². The highest BCUT2D eigenvalue weighted by Crippen LogP contribution is 2.31. The second kappa shape index (κ2) is 5.99. The van der Waals surface area contributed by atoms with Gasteiger partial charge in [0.25, 0.3) is 5.88 Å². The van der Waals surface area contributed by atoms with Crippen molar-refractivity contribution in [2.75, 3.05) is 0 Å². The fraction of sp³-hybridized carbons (Fsp3) is 0.111. The van der Waals surface area contributed by atoms with Crippen LogP contribution in [0.3, 0.4) is 0 Å². The van der Waals surface area contributed by atoms with Gasteiger partial charge in [0.15, 0.2) is 11.5 Å². The Balaban J connectivity index is 1.85. The van der Waals surface area contributed by atoms with E-state index in [4.69, 9.17) is 13.6 Å². The van der Waals surface area contributed by atoms with Gasteiger partial charge in [-0.05, 0) is 26.0 Å². The van der Waals surface area contributed by atoms with Crippen LogP contribution in [0, 0.1) is 13.8 Å². The maximum Gasteiger partial charge on any atom is 0.345 e. The summed E-state index contributed by atoms with van der Waals surface area (Å²) in [6.45, 7) is 3.17. The van der Waals surface area contributed by atoms with Crippen LogP contribution >= 0.6 is 0 Å². The number of ether oxygens (including phenoxy) is 1. The highest BCUT2D eigenvalue weighted by atomic mass is 16.5. The molecule has 4 rings (SSSR count). The van der Waals surface area contributed by atoms with Crippen LogP contribution in [0.4, 0.5) is 0 Å². The van der Waals surface area contributed by atoms with Crippen molar-refractivity contribution in [3.63, 3.8) is 0 Å². The van der Waals surface area contributed by atoms with E-state index in [1.807, 2.05) is 18.2 Å². The summed E-state index contributed by atoms with van der Waals surface area (Å²) >= 11 is 0. The molecular weight excluding hydrogens is 338 g/mol. The fourth-order valence-corrected chi connectivity index (χ4v) is 2.76. The first kappa shape index (κ1) is 15.8. The summed E-state index contributed by atoms with van der Waals surface area (Å²) in [6, 6.07) is 9.15. The number of carbonyl (C=O) groups excluding carboxylic acids is 1. The number of para-hydroxylation sites is 1. The zero-order valence-corrected chi connectivity index (χ0v) is 13.9. The van der Waals surface area contributed by atoms with Gasteiger partial charge in [-0.2, -0.15) is 10.3 Å². The number of nitrogens with zero attached hydrogens (tertiary/aromatic N) is 2. The molecule has 8 nitrogen and oxygen atoms in total. The summed E-state index contributed by atoms with van der Waals surface area (Å²) in [5.41, 5.74) is 0.709. The number of benzene rings is 1. The van der Waals surface area contributed by atoms with Crippen molar-refractivity contribution in [2.45, 2.75) is 13.8 Å². The van der Waals surface area contributed by atoms with Crippen molar-refractivity contribution in [1.82, 2.24) is 15.4 Å². The van der Waals surface area contributed by atoms with Crippen LogP contribution in [0.15, 0.2) is 50.2 Å². The first-order valence-electron chi connectivity index (χ1n) is 7.76. The van der Waals surface area contributed by atoms with Crippen molar-refractivity contribution < 1.29 is 18.4 Å². The summed E-state index contributed by atoms with van der Waals surface area (Å²) in [7, 11) is 0. The Labute approximate surface area is 146 Å². The SMILES string of the molecule is Cc1c(-c2cc3ccccc3o2)oc(=O)c(C)c1C(=O)Oc1cn[nH]n1. The molecule has 0 spiro atoms. The molecule has 3 heterocycles. The summed E-state index contributed by atoms with van der Waals surface area (Å²) in [5.74, 6) is -0.174. The lowest BCUT2D eigenvalue weighted by atomic mass is 10.0. The minimum Gasteiger partial charge on any atom is -0.453 e.